The van der Waals surface area contributed by atoms with Crippen molar-refractivity contribution in [1.29, 1.82) is 0 Å². The Balaban J connectivity index is 2.11. The van der Waals surface area contributed by atoms with E-state index in [2.05, 4.69) is 20.4 Å². The summed E-state index contributed by atoms with van der Waals surface area (Å²) in [4.78, 5) is 10.9. The first-order chi connectivity index (χ1) is 8.76. The van der Waals surface area contributed by atoms with Crippen molar-refractivity contribution < 1.29 is 14.6 Å². The van der Waals surface area contributed by atoms with Crippen molar-refractivity contribution in [3.05, 3.63) is 11.9 Å². The highest BCUT2D eigenvalue weighted by Gasteiger charge is 2.01. The van der Waals surface area contributed by atoms with Crippen LogP contribution in [0.25, 0.3) is 0 Å². The van der Waals surface area contributed by atoms with Crippen LogP contribution in [-0.2, 0) is 22.6 Å². The molecule has 0 aromatic carbocycles. The fourth-order valence-electron chi connectivity index (χ4n) is 1.44. The van der Waals surface area contributed by atoms with E-state index in [0.29, 0.717) is 25.9 Å². The van der Waals surface area contributed by atoms with Crippen LogP contribution < -0.4 is 5.32 Å². The summed E-state index contributed by atoms with van der Waals surface area (Å²) in [5.41, 5.74) is 0.853. The van der Waals surface area contributed by atoms with E-state index in [0.717, 1.165) is 18.7 Å². The van der Waals surface area contributed by atoms with Gasteiger partial charge in [-0.15, -0.1) is 5.10 Å². The standard InChI is InChI=1S/C11H20N4O3/c1-18-11(17)4-2-5-12-8-10-9-15(14-13-10)6-3-7-16/h9,12,16H,2-8H2,1H3. The van der Waals surface area contributed by atoms with Crippen LogP contribution in [0.2, 0.25) is 0 Å². The van der Waals surface area contributed by atoms with Crippen molar-refractivity contribution in [2.24, 2.45) is 0 Å². The second kappa shape index (κ2) is 8.60. The SMILES string of the molecule is COC(=O)CCCNCc1cn(CCCO)nn1. The minimum Gasteiger partial charge on any atom is -0.469 e. The molecule has 0 aliphatic carbocycles. The van der Waals surface area contributed by atoms with Crippen LogP contribution in [0, 0.1) is 0 Å². The van der Waals surface area contributed by atoms with Gasteiger partial charge in [0.05, 0.1) is 12.8 Å². The van der Waals surface area contributed by atoms with Crippen LogP contribution in [0.5, 0.6) is 0 Å². The zero-order valence-electron chi connectivity index (χ0n) is 10.6. The Bertz CT molecular complexity index is 354. The molecule has 0 bridgehead atoms. The van der Waals surface area contributed by atoms with Gasteiger partial charge in [-0.3, -0.25) is 9.48 Å². The topological polar surface area (TPSA) is 89.3 Å². The summed E-state index contributed by atoms with van der Waals surface area (Å²) in [5, 5.41) is 19.8. The summed E-state index contributed by atoms with van der Waals surface area (Å²) in [6.07, 6.45) is 3.69. The van der Waals surface area contributed by atoms with E-state index in [9.17, 15) is 4.79 Å². The maximum Gasteiger partial charge on any atom is 0.305 e. The summed E-state index contributed by atoms with van der Waals surface area (Å²) in [5.74, 6) is -0.188. The van der Waals surface area contributed by atoms with Gasteiger partial charge in [-0.2, -0.15) is 0 Å². The number of nitrogens with zero attached hydrogens (tertiary/aromatic N) is 3. The van der Waals surface area contributed by atoms with Gasteiger partial charge >= 0.3 is 5.97 Å². The number of carbonyl (C=O) groups excluding carboxylic acids is 1. The molecule has 7 heteroatoms. The minimum absolute atomic E-state index is 0.154. The van der Waals surface area contributed by atoms with Gasteiger partial charge < -0.3 is 15.2 Å². The molecule has 0 unspecified atom stereocenters. The second-order valence-electron chi connectivity index (χ2n) is 3.91. The van der Waals surface area contributed by atoms with Crippen LogP contribution in [0.1, 0.15) is 25.0 Å². The number of aromatic nitrogens is 3. The van der Waals surface area contributed by atoms with Crippen molar-refractivity contribution in [2.75, 3.05) is 20.3 Å². The van der Waals surface area contributed by atoms with Crippen molar-refractivity contribution >= 4 is 5.97 Å². The normalized spacial score (nSPS) is 10.6. The fourth-order valence-corrected chi connectivity index (χ4v) is 1.44. The van der Waals surface area contributed by atoms with Gasteiger partial charge in [0.1, 0.15) is 0 Å². The van der Waals surface area contributed by atoms with E-state index in [1.54, 1.807) is 4.68 Å². The molecule has 0 saturated carbocycles. The third kappa shape index (κ3) is 5.74. The molecule has 7 nitrogen and oxygen atoms in total. The van der Waals surface area contributed by atoms with Crippen LogP contribution in [0.3, 0.4) is 0 Å². The van der Waals surface area contributed by atoms with Gasteiger partial charge in [0, 0.05) is 32.3 Å². The number of hydrogen-bond donors (Lipinski definition) is 2. The van der Waals surface area contributed by atoms with Crippen molar-refractivity contribution in [1.82, 2.24) is 20.3 Å². The lowest BCUT2D eigenvalue weighted by molar-refractivity contribution is -0.140. The molecule has 0 aliphatic rings. The van der Waals surface area contributed by atoms with Crippen LogP contribution in [0.4, 0.5) is 0 Å². The van der Waals surface area contributed by atoms with Gasteiger partial charge in [0.25, 0.3) is 0 Å². The molecular weight excluding hydrogens is 236 g/mol. The van der Waals surface area contributed by atoms with E-state index in [4.69, 9.17) is 5.11 Å². The number of esters is 1. The van der Waals surface area contributed by atoms with Crippen molar-refractivity contribution in [3.63, 3.8) is 0 Å². The number of nitrogens with one attached hydrogen (secondary N) is 1. The van der Waals surface area contributed by atoms with Crippen LogP contribution >= 0.6 is 0 Å². The molecule has 0 radical (unpaired) electrons. The predicted octanol–water partition coefficient (Wildman–Crippen LogP) is -0.297. The zero-order chi connectivity index (χ0) is 13.2. The number of methoxy groups -OCH3 is 1. The molecule has 2 N–H and O–H groups in total. The van der Waals surface area contributed by atoms with Gasteiger partial charge in [-0.1, -0.05) is 5.21 Å². The Kier molecular flexibility index (Phi) is 6.97. The van der Waals surface area contributed by atoms with Crippen LogP contribution in [-0.4, -0.2) is 46.3 Å². The smallest absolute Gasteiger partial charge is 0.305 e. The molecule has 1 heterocycles. The quantitative estimate of drug-likeness (QED) is 0.466. The number of aliphatic hydroxyl groups is 1. The number of ether oxygens (including phenoxy) is 1. The second-order valence-corrected chi connectivity index (χ2v) is 3.91. The molecule has 0 aliphatic heterocycles. The number of aliphatic hydroxyl groups excluding tert-OH is 1. The Morgan fingerprint density at radius 1 is 1.56 bits per heavy atom. The average Bonchev–Trinajstić information content (AvgIpc) is 2.83. The highest BCUT2D eigenvalue weighted by atomic mass is 16.5. The van der Waals surface area contributed by atoms with Crippen LogP contribution in [0.15, 0.2) is 6.20 Å². The molecule has 0 fully saturated rings. The molecule has 18 heavy (non-hydrogen) atoms. The summed E-state index contributed by atoms with van der Waals surface area (Å²) in [6.45, 7) is 2.19. The van der Waals surface area contributed by atoms with E-state index < -0.39 is 0 Å². The third-order valence-electron chi connectivity index (χ3n) is 2.40. The lowest BCUT2D eigenvalue weighted by atomic mass is 10.3. The Morgan fingerprint density at radius 2 is 2.39 bits per heavy atom. The maximum absolute atomic E-state index is 10.9. The van der Waals surface area contributed by atoms with Crippen molar-refractivity contribution in [3.8, 4) is 0 Å². The monoisotopic (exact) mass is 256 g/mol. The number of hydrogen-bond acceptors (Lipinski definition) is 6. The summed E-state index contributed by atoms with van der Waals surface area (Å²) >= 11 is 0. The number of rotatable bonds is 9. The average molecular weight is 256 g/mol. The summed E-state index contributed by atoms with van der Waals surface area (Å²) in [7, 11) is 1.39. The summed E-state index contributed by atoms with van der Waals surface area (Å²) in [6, 6.07) is 0. The molecule has 1 rings (SSSR count). The van der Waals surface area contributed by atoms with E-state index in [1.165, 1.54) is 7.11 Å². The van der Waals surface area contributed by atoms with Gasteiger partial charge in [-0.25, -0.2) is 0 Å². The van der Waals surface area contributed by atoms with E-state index in [1.807, 2.05) is 6.20 Å². The Morgan fingerprint density at radius 3 is 3.11 bits per heavy atom. The largest absolute Gasteiger partial charge is 0.469 e. The Hall–Kier alpha value is -1.47. The first-order valence-electron chi connectivity index (χ1n) is 6.03. The minimum atomic E-state index is -0.188. The molecule has 0 atom stereocenters. The number of carbonyl (C=O) groups is 1. The molecule has 0 amide bonds. The van der Waals surface area contributed by atoms with Gasteiger partial charge in [0.2, 0.25) is 0 Å². The summed E-state index contributed by atoms with van der Waals surface area (Å²) < 4.78 is 6.25. The van der Waals surface area contributed by atoms with E-state index >= 15 is 0 Å². The molecule has 0 spiro atoms. The zero-order valence-corrected chi connectivity index (χ0v) is 10.6. The van der Waals surface area contributed by atoms with E-state index in [-0.39, 0.29) is 12.6 Å². The predicted molar refractivity (Wildman–Crippen MR) is 64.7 cm³/mol. The fraction of sp³-hybridized carbons (Fsp3) is 0.727. The lowest BCUT2D eigenvalue weighted by Gasteiger charge is -2.01. The molecular formula is C11H20N4O3. The molecule has 0 saturated heterocycles. The maximum atomic E-state index is 10.9. The van der Waals surface area contributed by atoms with Gasteiger partial charge in [-0.05, 0) is 19.4 Å². The number of aryl methyl sites for hydroxylation is 1. The highest BCUT2D eigenvalue weighted by Crippen LogP contribution is 1.95. The third-order valence-corrected chi connectivity index (χ3v) is 2.40. The Labute approximate surface area is 106 Å². The first-order valence-corrected chi connectivity index (χ1v) is 6.03. The van der Waals surface area contributed by atoms with Gasteiger partial charge in [0.15, 0.2) is 0 Å². The molecule has 1 aromatic heterocycles. The highest BCUT2D eigenvalue weighted by molar-refractivity contribution is 5.69. The first kappa shape index (κ1) is 14.6. The molecule has 1 aromatic rings. The van der Waals surface area contributed by atoms with Crippen molar-refractivity contribution in [2.45, 2.75) is 32.4 Å². The lowest BCUT2D eigenvalue weighted by Crippen LogP contribution is -2.16. The molecule has 102 valence electrons.